The molecule has 0 aliphatic carbocycles. The number of aromatic amines is 1. The van der Waals surface area contributed by atoms with Crippen molar-refractivity contribution < 1.29 is 9.90 Å². The Kier molecular flexibility index (Phi) is 5.92. The maximum atomic E-state index is 12.5. The molecule has 6 nitrogen and oxygen atoms in total. The van der Waals surface area contributed by atoms with Crippen molar-refractivity contribution in [3.63, 3.8) is 0 Å². The second-order valence-electron chi connectivity index (χ2n) is 5.49. The largest absolute Gasteiger partial charge is 0.395 e. The first-order chi connectivity index (χ1) is 10.9. The van der Waals surface area contributed by atoms with Crippen LogP contribution in [0.25, 0.3) is 10.9 Å². The number of H-pyrrole nitrogens is 1. The van der Waals surface area contributed by atoms with Crippen LogP contribution < -0.4 is 5.43 Å². The molecule has 1 aromatic heterocycles. The maximum absolute atomic E-state index is 12.5. The molecule has 0 radical (unpaired) electrons. The van der Waals surface area contributed by atoms with Crippen LogP contribution in [0.4, 0.5) is 0 Å². The van der Waals surface area contributed by atoms with Gasteiger partial charge in [0.2, 0.25) is 0 Å². The minimum Gasteiger partial charge on any atom is -0.395 e. The van der Waals surface area contributed by atoms with Crippen LogP contribution in [0.5, 0.6) is 0 Å². The van der Waals surface area contributed by atoms with Gasteiger partial charge in [-0.2, -0.15) is 0 Å². The molecule has 0 saturated carbocycles. The number of likely N-dealkylation sites (N-methyl/N-ethyl adjacent to an activating group) is 2. The summed E-state index contributed by atoms with van der Waals surface area (Å²) in [5, 5.41) is 9.42. The van der Waals surface area contributed by atoms with E-state index in [1.165, 1.54) is 6.07 Å². The highest BCUT2D eigenvalue weighted by Gasteiger charge is 2.15. The van der Waals surface area contributed by atoms with Gasteiger partial charge in [-0.15, -0.1) is 0 Å². The molecule has 0 unspecified atom stereocenters. The van der Waals surface area contributed by atoms with Gasteiger partial charge in [-0.05, 0) is 25.2 Å². The fourth-order valence-corrected chi connectivity index (χ4v) is 2.61. The van der Waals surface area contributed by atoms with Crippen molar-refractivity contribution in [2.75, 3.05) is 40.3 Å². The highest BCUT2D eigenvalue weighted by atomic mass is 79.9. The van der Waals surface area contributed by atoms with Crippen molar-refractivity contribution in [1.29, 1.82) is 0 Å². The Balaban J connectivity index is 2.17. The number of hydrogen-bond acceptors (Lipinski definition) is 4. The molecule has 0 fully saturated rings. The third-order valence-electron chi connectivity index (χ3n) is 3.67. The van der Waals surface area contributed by atoms with Crippen molar-refractivity contribution in [2.45, 2.75) is 0 Å². The number of benzene rings is 1. The highest BCUT2D eigenvalue weighted by Crippen LogP contribution is 2.16. The fourth-order valence-electron chi connectivity index (χ4n) is 2.24. The number of amides is 1. The number of aliphatic hydroxyl groups is 1. The van der Waals surface area contributed by atoms with E-state index in [2.05, 4.69) is 20.9 Å². The summed E-state index contributed by atoms with van der Waals surface area (Å²) >= 11 is 3.33. The predicted octanol–water partition coefficient (Wildman–Crippen LogP) is 1.29. The van der Waals surface area contributed by atoms with Crippen molar-refractivity contribution in [3.8, 4) is 0 Å². The third kappa shape index (κ3) is 4.40. The molecule has 7 heteroatoms. The zero-order valence-electron chi connectivity index (χ0n) is 13.2. The summed E-state index contributed by atoms with van der Waals surface area (Å²) < 4.78 is 0.818. The summed E-state index contributed by atoms with van der Waals surface area (Å²) in [7, 11) is 3.57. The summed E-state index contributed by atoms with van der Waals surface area (Å²) in [6.45, 7) is 1.80. The van der Waals surface area contributed by atoms with Crippen LogP contribution in [0.1, 0.15) is 10.5 Å². The first-order valence-electron chi connectivity index (χ1n) is 7.30. The van der Waals surface area contributed by atoms with E-state index in [4.69, 9.17) is 5.11 Å². The Morgan fingerprint density at radius 2 is 1.96 bits per heavy atom. The van der Waals surface area contributed by atoms with Gasteiger partial charge in [-0.25, -0.2) is 0 Å². The summed E-state index contributed by atoms with van der Waals surface area (Å²) in [4.78, 5) is 31.2. The van der Waals surface area contributed by atoms with Crippen LogP contribution in [-0.2, 0) is 0 Å². The summed E-state index contributed by atoms with van der Waals surface area (Å²) in [6, 6.07) is 6.66. The SMILES string of the molecule is CN(CCO)CCN(C)C(=O)c1cc(=O)c2cc(Br)ccc2[nH]1. The molecule has 0 saturated heterocycles. The van der Waals surface area contributed by atoms with Crippen LogP contribution in [0.15, 0.2) is 33.5 Å². The Bertz CT molecular complexity index is 760. The number of carbonyl (C=O) groups excluding carboxylic acids is 1. The van der Waals surface area contributed by atoms with Crippen molar-refractivity contribution in [2.24, 2.45) is 0 Å². The lowest BCUT2D eigenvalue weighted by Crippen LogP contribution is -2.36. The van der Waals surface area contributed by atoms with E-state index in [1.807, 2.05) is 18.0 Å². The topological polar surface area (TPSA) is 76.6 Å². The number of pyridine rings is 1. The molecule has 2 aromatic rings. The average molecular weight is 382 g/mol. The molecule has 0 bridgehead atoms. The zero-order valence-corrected chi connectivity index (χ0v) is 14.8. The van der Waals surface area contributed by atoms with Gasteiger partial charge in [-0.3, -0.25) is 9.59 Å². The molecule has 23 heavy (non-hydrogen) atoms. The molecule has 2 rings (SSSR count). The van der Waals surface area contributed by atoms with Crippen LogP contribution >= 0.6 is 15.9 Å². The van der Waals surface area contributed by atoms with Gasteiger partial charge in [-0.1, -0.05) is 15.9 Å². The van der Waals surface area contributed by atoms with E-state index in [1.54, 1.807) is 24.1 Å². The number of carbonyl (C=O) groups is 1. The molecule has 124 valence electrons. The summed E-state index contributed by atoms with van der Waals surface area (Å²) in [5.41, 5.74) is 0.723. The number of nitrogens with one attached hydrogen (secondary N) is 1. The van der Waals surface area contributed by atoms with Gasteiger partial charge in [0.25, 0.3) is 5.91 Å². The number of aliphatic hydroxyl groups excluding tert-OH is 1. The molecule has 0 spiro atoms. The van der Waals surface area contributed by atoms with E-state index in [0.717, 1.165) is 4.47 Å². The molecule has 2 N–H and O–H groups in total. The second kappa shape index (κ2) is 7.72. The van der Waals surface area contributed by atoms with Crippen molar-refractivity contribution >= 4 is 32.7 Å². The lowest BCUT2D eigenvalue weighted by molar-refractivity contribution is 0.0774. The van der Waals surface area contributed by atoms with Crippen molar-refractivity contribution in [1.82, 2.24) is 14.8 Å². The second-order valence-corrected chi connectivity index (χ2v) is 6.41. The van der Waals surface area contributed by atoms with Gasteiger partial charge >= 0.3 is 0 Å². The first kappa shape index (κ1) is 17.7. The van der Waals surface area contributed by atoms with Crippen LogP contribution in [0.2, 0.25) is 0 Å². The summed E-state index contributed by atoms with van der Waals surface area (Å²) in [5.74, 6) is -0.232. The molecular weight excluding hydrogens is 362 g/mol. The van der Waals surface area contributed by atoms with E-state index in [-0.39, 0.29) is 23.6 Å². The van der Waals surface area contributed by atoms with E-state index in [0.29, 0.717) is 30.5 Å². The van der Waals surface area contributed by atoms with E-state index >= 15 is 0 Å². The first-order valence-corrected chi connectivity index (χ1v) is 8.09. The zero-order chi connectivity index (χ0) is 17.0. The molecular formula is C16H20BrN3O3. The Morgan fingerprint density at radius 1 is 1.22 bits per heavy atom. The minimum absolute atomic E-state index is 0.0850. The van der Waals surface area contributed by atoms with E-state index < -0.39 is 0 Å². The molecule has 1 aromatic carbocycles. The van der Waals surface area contributed by atoms with Gasteiger partial charge in [0.05, 0.1) is 6.61 Å². The maximum Gasteiger partial charge on any atom is 0.270 e. The molecule has 0 atom stereocenters. The number of halogens is 1. The minimum atomic E-state index is -0.232. The van der Waals surface area contributed by atoms with Gasteiger partial charge in [0.15, 0.2) is 5.43 Å². The van der Waals surface area contributed by atoms with Crippen LogP contribution in [-0.4, -0.2) is 66.1 Å². The fraction of sp³-hybridized carbons (Fsp3) is 0.375. The van der Waals surface area contributed by atoms with Crippen LogP contribution in [0, 0.1) is 0 Å². The number of rotatable bonds is 6. The van der Waals surface area contributed by atoms with E-state index in [9.17, 15) is 9.59 Å². The highest BCUT2D eigenvalue weighted by molar-refractivity contribution is 9.10. The number of hydrogen-bond donors (Lipinski definition) is 2. The average Bonchev–Trinajstić information content (AvgIpc) is 2.52. The third-order valence-corrected chi connectivity index (χ3v) is 4.16. The standard InChI is InChI=1S/C16H20BrN3O3/c1-19(7-8-21)5-6-20(2)16(23)14-10-15(22)12-9-11(17)3-4-13(12)18-14/h3-4,9-10,21H,5-8H2,1-2H3,(H,18,22). The molecule has 1 heterocycles. The van der Waals surface area contributed by atoms with Crippen molar-refractivity contribution in [3.05, 3.63) is 44.7 Å². The number of fused-ring (bicyclic) bond motifs is 1. The molecule has 0 aliphatic heterocycles. The van der Waals surface area contributed by atoms with Crippen LogP contribution in [0.3, 0.4) is 0 Å². The Hall–Kier alpha value is -1.70. The lowest BCUT2D eigenvalue weighted by atomic mass is 10.2. The number of aromatic nitrogens is 1. The molecule has 0 aliphatic rings. The normalized spacial score (nSPS) is 11.2. The van der Waals surface area contributed by atoms with Gasteiger partial charge < -0.3 is 19.9 Å². The summed E-state index contributed by atoms with van der Waals surface area (Å²) in [6.07, 6.45) is 0. The quantitative estimate of drug-likeness (QED) is 0.790. The molecule has 1 amide bonds. The Morgan fingerprint density at radius 3 is 2.65 bits per heavy atom. The lowest BCUT2D eigenvalue weighted by Gasteiger charge is -2.21. The van der Waals surface area contributed by atoms with Gasteiger partial charge in [0.1, 0.15) is 5.69 Å². The Labute approximate surface area is 142 Å². The monoisotopic (exact) mass is 381 g/mol. The van der Waals surface area contributed by atoms with Gasteiger partial charge in [0, 0.05) is 48.1 Å². The predicted molar refractivity (Wildman–Crippen MR) is 93.8 cm³/mol. The number of nitrogens with zero attached hydrogens (tertiary/aromatic N) is 2. The smallest absolute Gasteiger partial charge is 0.270 e.